The molecule has 7 nitrogen and oxygen atoms in total. The fourth-order valence-electron chi connectivity index (χ4n) is 4.82. The monoisotopic (exact) mass is 398 g/mol. The van der Waals surface area contributed by atoms with Crippen LogP contribution in [0.4, 0.5) is 11.4 Å². The van der Waals surface area contributed by atoms with Crippen LogP contribution in [0.5, 0.6) is 0 Å². The van der Waals surface area contributed by atoms with Crippen LogP contribution in [-0.4, -0.2) is 61.1 Å². The average Bonchev–Trinajstić information content (AvgIpc) is 2.71. The predicted octanol–water partition coefficient (Wildman–Crippen LogP) is 2.27. The summed E-state index contributed by atoms with van der Waals surface area (Å²) in [7, 11) is 1.98. The van der Waals surface area contributed by atoms with Gasteiger partial charge in [-0.25, -0.2) is 0 Å². The fourth-order valence-corrected chi connectivity index (χ4v) is 4.82. The van der Waals surface area contributed by atoms with Crippen LogP contribution in [0.2, 0.25) is 0 Å². The summed E-state index contributed by atoms with van der Waals surface area (Å²) in [6.07, 6.45) is 4.43. The zero-order valence-corrected chi connectivity index (χ0v) is 17.2. The SMILES string of the molecule is CN1CC[C@H]2NC(=O)C(C(=O)Nc3ccc(N4CCCCC4)cc3)=C(O)[C@@]2(C)C1. The lowest BCUT2D eigenvalue weighted by Gasteiger charge is -2.47. The van der Waals surface area contributed by atoms with E-state index in [1.54, 1.807) is 0 Å². The van der Waals surface area contributed by atoms with E-state index in [1.165, 1.54) is 19.3 Å². The van der Waals surface area contributed by atoms with Crippen molar-refractivity contribution < 1.29 is 14.7 Å². The van der Waals surface area contributed by atoms with Crippen molar-refractivity contribution in [3.05, 3.63) is 35.6 Å². The molecule has 0 bridgehead atoms. The van der Waals surface area contributed by atoms with E-state index < -0.39 is 17.2 Å². The number of benzene rings is 1. The van der Waals surface area contributed by atoms with Gasteiger partial charge in [-0.15, -0.1) is 0 Å². The maximum absolute atomic E-state index is 12.9. The van der Waals surface area contributed by atoms with Crippen molar-refractivity contribution in [2.24, 2.45) is 5.41 Å². The lowest BCUT2D eigenvalue weighted by molar-refractivity contribution is -0.125. The van der Waals surface area contributed by atoms with Crippen molar-refractivity contribution in [1.82, 2.24) is 10.2 Å². The van der Waals surface area contributed by atoms with Gasteiger partial charge < -0.3 is 25.5 Å². The number of piperidine rings is 2. The predicted molar refractivity (Wildman–Crippen MR) is 113 cm³/mol. The van der Waals surface area contributed by atoms with Crippen molar-refractivity contribution in [3.8, 4) is 0 Å². The molecule has 0 aliphatic carbocycles. The molecule has 4 rings (SSSR count). The Bertz CT molecular complexity index is 829. The molecule has 2 saturated heterocycles. The summed E-state index contributed by atoms with van der Waals surface area (Å²) < 4.78 is 0. The molecule has 2 fully saturated rings. The van der Waals surface area contributed by atoms with E-state index in [-0.39, 0.29) is 17.4 Å². The molecule has 3 heterocycles. The maximum Gasteiger partial charge on any atom is 0.264 e. The Labute approximate surface area is 171 Å². The molecule has 156 valence electrons. The number of aliphatic hydroxyl groups excluding tert-OH is 1. The summed E-state index contributed by atoms with van der Waals surface area (Å²) in [4.78, 5) is 29.9. The van der Waals surface area contributed by atoms with E-state index in [4.69, 9.17) is 0 Å². The number of nitrogens with one attached hydrogen (secondary N) is 2. The van der Waals surface area contributed by atoms with Crippen molar-refractivity contribution in [2.45, 2.75) is 38.6 Å². The van der Waals surface area contributed by atoms with Gasteiger partial charge in [-0.3, -0.25) is 9.59 Å². The Balaban J connectivity index is 1.52. The molecule has 2 amide bonds. The molecule has 3 aliphatic rings. The summed E-state index contributed by atoms with van der Waals surface area (Å²) in [5.41, 5.74) is 0.905. The third kappa shape index (κ3) is 3.71. The minimum Gasteiger partial charge on any atom is -0.511 e. The normalized spacial score (nSPS) is 28.0. The average molecular weight is 399 g/mol. The molecule has 0 unspecified atom stereocenters. The van der Waals surface area contributed by atoms with Gasteiger partial charge in [-0.2, -0.15) is 0 Å². The molecule has 0 aromatic heterocycles. The smallest absolute Gasteiger partial charge is 0.264 e. The summed E-state index contributed by atoms with van der Waals surface area (Å²) in [6, 6.07) is 7.51. The minimum atomic E-state index is -0.661. The highest BCUT2D eigenvalue weighted by molar-refractivity contribution is 6.23. The number of hydrogen-bond donors (Lipinski definition) is 3. The van der Waals surface area contributed by atoms with Crippen molar-refractivity contribution in [1.29, 1.82) is 0 Å². The molecule has 0 spiro atoms. The second kappa shape index (κ2) is 7.71. The molecule has 3 N–H and O–H groups in total. The van der Waals surface area contributed by atoms with Gasteiger partial charge in [0.2, 0.25) is 0 Å². The Kier molecular flexibility index (Phi) is 5.25. The fraction of sp³-hybridized carbons (Fsp3) is 0.545. The van der Waals surface area contributed by atoms with E-state index in [9.17, 15) is 14.7 Å². The third-order valence-corrected chi connectivity index (χ3v) is 6.55. The van der Waals surface area contributed by atoms with Gasteiger partial charge in [0.25, 0.3) is 11.8 Å². The van der Waals surface area contributed by atoms with Crippen molar-refractivity contribution >= 4 is 23.2 Å². The van der Waals surface area contributed by atoms with Crippen LogP contribution in [0.1, 0.15) is 32.6 Å². The van der Waals surface area contributed by atoms with Crippen molar-refractivity contribution in [2.75, 3.05) is 43.4 Å². The van der Waals surface area contributed by atoms with E-state index in [0.717, 1.165) is 31.7 Å². The molecule has 2 atom stereocenters. The van der Waals surface area contributed by atoms with Crippen LogP contribution in [0, 0.1) is 5.41 Å². The van der Waals surface area contributed by atoms with Crippen LogP contribution in [-0.2, 0) is 9.59 Å². The molecule has 3 aliphatic heterocycles. The van der Waals surface area contributed by atoms with Gasteiger partial charge in [0, 0.05) is 37.1 Å². The highest BCUT2D eigenvalue weighted by Crippen LogP contribution is 2.40. The molecular formula is C22H30N4O3. The van der Waals surface area contributed by atoms with Crippen LogP contribution >= 0.6 is 0 Å². The molecular weight excluding hydrogens is 368 g/mol. The topological polar surface area (TPSA) is 84.9 Å². The summed E-state index contributed by atoms with van der Waals surface area (Å²) in [5.74, 6) is -1.18. The summed E-state index contributed by atoms with van der Waals surface area (Å²) >= 11 is 0. The van der Waals surface area contributed by atoms with Gasteiger partial charge in [-0.1, -0.05) is 0 Å². The van der Waals surface area contributed by atoms with E-state index in [1.807, 2.05) is 38.2 Å². The van der Waals surface area contributed by atoms with E-state index >= 15 is 0 Å². The molecule has 1 aromatic carbocycles. The van der Waals surface area contributed by atoms with Crippen LogP contribution in [0.15, 0.2) is 35.6 Å². The molecule has 0 saturated carbocycles. The second-order valence-corrected chi connectivity index (χ2v) is 8.74. The number of anilines is 2. The number of rotatable bonds is 3. The quantitative estimate of drug-likeness (QED) is 0.680. The highest BCUT2D eigenvalue weighted by Gasteiger charge is 2.49. The van der Waals surface area contributed by atoms with Crippen LogP contribution in [0.3, 0.4) is 0 Å². The van der Waals surface area contributed by atoms with Crippen LogP contribution < -0.4 is 15.5 Å². The number of carbonyl (C=O) groups is 2. The van der Waals surface area contributed by atoms with E-state index in [0.29, 0.717) is 12.2 Å². The Morgan fingerprint density at radius 3 is 2.55 bits per heavy atom. The summed E-state index contributed by atoms with van der Waals surface area (Å²) in [5, 5.41) is 16.6. The molecule has 0 radical (unpaired) electrons. The number of nitrogens with zero attached hydrogens (tertiary/aromatic N) is 2. The molecule has 1 aromatic rings. The lowest BCUT2D eigenvalue weighted by Crippen LogP contribution is -2.61. The van der Waals surface area contributed by atoms with Gasteiger partial charge in [0.05, 0.1) is 5.41 Å². The number of hydrogen-bond acceptors (Lipinski definition) is 5. The number of aliphatic hydroxyl groups is 1. The highest BCUT2D eigenvalue weighted by atomic mass is 16.3. The Morgan fingerprint density at radius 2 is 1.86 bits per heavy atom. The first kappa shape index (κ1) is 19.8. The Morgan fingerprint density at radius 1 is 1.17 bits per heavy atom. The first-order valence-electron chi connectivity index (χ1n) is 10.5. The summed E-state index contributed by atoms with van der Waals surface area (Å²) in [6.45, 7) is 5.45. The minimum absolute atomic E-state index is 0.111. The number of amides is 2. The first-order valence-corrected chi connectivity index (χ1v) is 10.5. The largest absolute Gasteiger partial charge is 0.511 e. The number of fused-ring (bicyclic) bond motifs is 1. The standard InChI is InChI=1S/C22H30N4O3/c1-22-14-25(2)13-10-17(22)24-21(29)18(19(22)27)20(28)23-15-6-8-16(9-7-15)26-11-4-3-5-12-26/h6-9,17,27H,3-5,10-14H2,1-2H3,(H,23,28)(H,24,29)/t17-,22+/m1/s1. The zero-order valence-electron chi connectivity index (χ0n) is 17.2. The first-order chi connectivity index (χ1) is 13.9. The van der Waals surface area contributed by atoms with Gasteiger partial charge in [0.15, 0.2) is 0 Å². The third-order valence-electron chi connectivity index (χ3n) is 6.55. The number of carbonyl (C=O) groups excluding carboxylic acids is 2. The van der Waals surface area contributed by atoms with E-state index in [2.05, 4.69) is 20.4 Å². The second-order valence-electron chi connectivity index (χ2n) is 8.74. The maximum atomic E-state index is 12.9. The molecule has 29 heavy (non-hydrogen) atoms. The van der Waals surface area contributed by atoms with Gasteiger partial charge >= 0.3 is 0 Å². The Hall–Kier alpha value is -2.54. The lowest BCUT2D eigenvalue weighted by atomic mass is 9.72. The van der Waals surface area contributed by atoms with Gasteiger partial charge in [0.1, 0.15) is 11.3 Å². The van der Waals surface area contributed by atoms with Gasteiger partial charge in [-0.05, 0) is 70.5 Å². The van der Waals surface area contributed by atoms with Crippen molar-refractivity contribution in [3.63, 3.8) is 0 Å². The number of likely N-dealkylation sites (tertiary alicyclic amines) is 1. The molecule has 7 heteroatoms. The zero-order chi connectivity index (χ0) is 20.6. The van der Waals surface area contributed by atoms with Crippen LogP contribution in [0.25, 0.3) is 0 Å².